The van der Waals surface area contributed by atoms with E-state index in [-0.39, 0.29) is 0 Å². The van der Waals surface area contributed by atoms with E-state index in [1.807, 2.05) is 31.5 Å². The van der Waals surface area contributed by atoms with Crippen molar-refractivity contribution in [2.45, 2.75) is 13.3 Å². The first kappa shape index (κ1) is 10.6. The number of rotatable bonds is 3. The third-order valence-corrected chi connectivity index (χ3v) is 2.56. The zero-order valence-corrected chi connectivity index (χ0v) is 9.43. The van der Waals surface area contributed by atoms with Gasteiger partial charge in [0, 0.05) is 12.4 Å². The molecule has 1 aromatic heterocycles. The first-order valence-corrected chi connectivity index (χ1v) is 5.50. The largest absolute Gasteiger partial charge is 0.265 e. The van der Waals surface area contributed by atoms with Gasteiger partial charge in [-0.15, -0.1) is 0 Å². The van der Waals surface area contributed by atoms with Crippen LogP contribution >= 0.6 is 0 Å². The molecule has 0 unspecified atom stereocenters. The summed E-state index contributed by atoms with van der Waals surface area (Å²) in [6.07, 6.45) is 8.90. The van der Waals surface area contributed by atoms with Crippen molar-refractivity contribution in [3.8, 4) is 11.1 Å². The highest BCUT2D eigenvalue weighted by atomic mass is 14.6. The summed E-state index contributed by atoms with van der Waals surface area (Å²) >= 11 is 0. The SMILES string of the molecule is CC=CCc1ccc(-c2ccncc2)cc1. The molecule has 80 valence electrons. The van der Waals surface area contributed by atoms with Gasteiger partial charge in [-0.3, -0.25) is 4.98 Å². The maximum absolute atomic E-state index is 4.02. The molecular weight excluding hydrogens is 194 g/mol. The normalized spacial score (nSPS) is 10.8. The van der Waals surface area contributed by atoms with Crippen LogP contribution in [0.5, 0.6) is 0 Å². The highest BCUT2D eigenvalue weighted by molar-refractivity contribution is 5.62. The van der Waals surface area contributed by atoms with Gasteiger partial charge in [0.05, 0.1) is 0 Å². The van der Waals surface area contributed by atoms with E-state index in [2.05, 4.69) is 41.4 Å². The molecule has 0 atom stereocenters. The highest BCUT2D eigenvalue weighted by Crippen LogP contribution is 2.18. The van der Waals surface area contributed by atoms with E-state index in [4.69, 9.17) is 0 Å². The lowest BCUT2D eigenvalue weighted by molar-refractivity contribution is 1.26. The van der Waals surface area contributed by atoms with E-state index in [9.17, 15) is 0 Å². The van der Waals surface area contributed by atoms with Gasteiger partial charge in [-0.25, -0.2) is 0 Å². The number of hydrogen-bond acceptors (Lipinski definition) is 1. The molecule has 0 amide bonds. The topological polar surface area (TPSA) is 12.9 Å². The van der Waals surface area contributed by atoms with Crippen LogP contribution in [0.15, 0.2) is 60.9 Å². The van der Waals surface area contributed by atoms with Crippen molar-refractivity contribution in [3.05, 3.63) is 66.5 Å². The molecular formula is C15H15N. The van der Waals surface area contributed by atoms with Crippen molar-refractivity contribution in [1.82, 2.24) is 4.98 Å². The molecule has 1 heteroatoms. The minimum atomic E-state index is 1.01. The van der Waals surface area contributed by atoms with Crippen LogP contribution in [0.2, 0.25) is 0 Å². The quantitative estimate of drug-likeness (QED) is 0.699. The number of benzene rings is 1. The van der Waals surface area contributed by atoms with Crippen molar-refractivity contribution in [3.63, 3.8) is 0 Å². The minimum absolute atomic E-state index is 1.01. The first-order valence-electron chi connectivity index (χ1n) is 5.50. The van der Waals surface area contributed by atoms with Crippen molar-refractivity contribution in [2.24, 2.45) is 0 Å². The van der Waals surface area contributed by atoms with Gasteiger partial charge < -0.3 is 0 Å². The van der Waals surface area contributed by atoms with E-state index < -0.39 is 0 Å². The van der Waals surface area contributed by atoms with Crippen LogP contribution in [0.4, 0.5) is 0 Å². The molecule has 0 aliphatic rings. The van der Waals surface area contributed by atoms with E-state index in [0.29, 0.717) is 0 Å². The Hall–Kier alpha value is -1.89. The molecule has 0 radical (unpaired) electrons. The van der Waals surface area contributed by atoms with Crippen molar-refractivity contribution < 1.29 is 0 Å². The lowest BCUT2D eigenvalue weighted by atomic mass is 10.0. The Kier molecular flexibility index (Phi) is 3.50. The van der Waals surface area contributed by atoms with Gasteiger partial charge in [0.25, 0.3) is 0 Å². The Bertz CT molecular complexity index is 455. The molecule has 0 bridgehead atoms. The fourth-order valence-corrected chi connectivity index (χ4v) is 1.63. The summed E-state index contributed by atoms with van der Waals surface area (Å²) in [5.74, 6) is 0. The van der Waals surface area contributed by atoms with E-state index in [1.54, 1.807) is 0 Å². The molecule has 1 aromatic carbocycles. The molecule has 2 rings (SSSR count). The predicted molar refractivity (Wildman–Crippen MR) is 68.2 cm³/mol. The molecule has 0 aliphatic heterocycles. The zero-order chi connectivity index (χ0) is 11.2. The Morgan fingerprint density at radius 2 is 1.56 bits per heavy atom. The number of nitrogens with zero attached hydrogens (tertiary/aromatic N) is 1. The summed E-state index contributed by atoms with van der Waals surface area (Å²) in [4.78, 5) is 4.02. The van der Waals surface area contributed by atoms with Crippen LogP contribution < -0.4 is 0 Å². The summed E-state index contributed by atoms with van der Waals surface area (Å²) in [6.45, 7) is 2.05. The minimum Gasteiger partial charge on any atom is -0.265 e. The average Bonchev–Trinajstić information content (AvgIpc) is 2.38. The van der Waals surface area contributed by atoms with Crippen LogP contribution in [-0.4, -0.2) is 4.98 Å². The summed E-state index contributed by atoms with van der Waals surface area (Å²) < 4.78 is 0. The first-order chi connectivity index (χ1) is 7.90. The number of aromatic nitrogens is 1. The fourth-order valence-electron chi connectivity index (χ4n) is 1.63. The van der Waals surface area contributed by atoms with Crippen LogP contribution in [0, 0.1) is 0 Å². The second kappa shape index (κ2) is 5.26. The van der Waals surface area contributed by atoms with Gasteiger partial charge >= 0.3 is 0 Å². The van der Waals surface area contributed by atoms with Crippen LogP contribution in [-0.2, 0) is 6.42 Å². The zero-order valence-electron chi connectivity index (χ0n) is 9.43. The van der Waals surface area contributed by atoms with Gasteiger partial charge in [-0.1, -0.05) is 36.4 Å². The van der Waals surface area contributed by atoms with Crippen molar-refractivity contribution >= 4 is 0 Å². The second-order valence-electron chi connectivity index (χ2n) is 3.71. The molecule has 0 fully saturated rings. The Labute approximate surface area is 96.5 Å². The monoisotopic (exact) mass is 209 g/mol. The van der Waals surface area contributed by atoms with E-state index in [0.717, 1.165) is 6.42 Å². The molecule has 16 heavy (non-hydrogen) atoms. The number of hydrogen-bond donors (Lipinski definition) is 0. The highest BCUT2D eigenvalue weighted by Gasteiger charge is 1.96. The third kappa shape index (κ3) is 2.57. The van der Waals surface area contributed by atoms with Crippen molar-refractivity contribution in [2.75, 3.05) is 0 Å². The molecule has 2 aromatic rings. The summed E-state index contributed by atoms with van der Waals surface area (Å²) in [5, 5.41) is 0. The van der Waals surface area contributed by atoms with Gasteiger partial charge in [0.15, 0.2) is 0 Å². The van der Waals surface area contributed by atoms with Gasteiger partial charge in [-0.2, -0.15) is 0 Å². The third-order valence-electron chi connectivity index (χ3n) is 2.56. The Balaban J connectivity index is 2.20. The molecule has 0 N–H and O–H groups in total. The molecule has 1 heterocycles. The summed E-state index contributed by atoms with van der Waals surface area (Å²) in [5.41, 5.74) is 3.80. The second-order valence-corrected chi connectivity index (χ2v) is 3.71. The molecule has 0 spiro atoms. The smallest absolute Gasteiger partial charge is 0.0273 e. The van der Waals surface area contributed by atoms with Gasteiger partial charge in [-0.05, 0) is 42.2 Å². The predicted octanol–water partition coefficient (Wildman–Crippen LogP) is 3.87. The molecule has 0 aliphatic carbocycles. The number of allylic oxidation sites excluding steroid dienone is 2. The Morgan fingerprint density at radius 1 is 0.938 bits per heavy atom. The van der Waals surface area contributed by atoms with Crippen LogP contribution in [0.1, 0.15) is 12.5 Å². The fraction of sp³-hybridized carbons (Fsp3) is 0.133. The lowest BCUT2D eigenvalue weighted by Crippen LogP contribution is -1.82. The van der Waals surface area contributed by atoms with Crippen molar-refractivity contribution in [1.29, 1.82) is 0 Å². The van der Waals surface area contributed by atoms with E-state index >= 15 is 0 Å². The Morgan fingerprint density at radius 3 is 2.19 bits per heavy atom. The number of pyridine rings is 1. The average molecular weight is 209 g/mol. The van der Waals surface area contributed by atoms with Crippen LogP contribution in [0.3, 0.4) is 0 Å². The van der Waals surface area contributed by atoms with E-state index in [1.165, 1.54) is 16.7 Å². The standard InChI is InChI=1S/C15H15N/c1-2-3-4-13-5-7-14(8-6-13)15-9-11-16-12-10-15/h2-3,5-12H,4H2,1H3. The summed E-state index contributed by atoms with van der Waals surface area (Å²) in [6, 6.07) is 12.7. The van der Waals surface area contributed by atoms with Gasteiger partial charge in [0.1, 0.15) is 0 Å². The maximum Gasteiger partial charge on any atom is 0.0273 e. The molecule has 0 saturated carbocycles. The van der Waals surface area contributed by atoms with Gasteiger partial charge in [0.2, 0.25) is 0 Å². The summed E-state index contributed by atoms with van der Waals surface area (Å²) in [7, 11) is 0. The van der Waals surface area contributed by atoms with Crippen LogP contribution in [0.25, 0.3) is 11.1 Å². The molecule has 1 nitrogen and oxygen atoms in total. The maximum atomic E-state index is 4.02. The molecule has 0 saturated heterocycles. The lowest BCUT2D eigenvalue weighted by Gasteiger charge is -2.02.